The van der Waals surface area contributed by atoms with Gasteiger partial charge in [-0.2, -0.15) is 30.6 Å². The third-order valence-electron chi connectivity index (χ3n) is 8.52. The number of methoxy groups -OCH3 is 2. The normalized spacial score (nSPS) is 14.7. The van der Waals surface area contributed by atoms with Crippen LogP contribution in [0.2, 0.25) is 0 Å². The number of carbonyl (C=O) groups is 2. The number of rotatable bonds is 12. The average molecular weight is 768 g/mol. The lowest BCUT2D eigenvalue weighted by Gasteiger charge is -2.26. The number of aromatic nitrogens is 1. The van der Waals surface area contributed by atoms with E-state index in [1.807, 2.05) is 0 Å². The van der Waals surface area contributed by atoms with Gasteiger partial charge in [-0.15, -0.1) is 0 Å². The van der Waals surface area contributed by atoms with Crippen molar-refractivity contribution in [3.8, 4) is 23.0 Å². The van der Waals surface area contributed by atoms with E-state index >= 15 is 0 Å². The van der Waals surface area contributed by atoms with E-state index < -0.39 is 82.7 Å². The Hall–Kier alpha value is -5.26. The van der Waals surface area contributed by atoms with Crippen molar-refractivity contribution in [1.29, 1.82) is 0 Å². The van der Waals surface area contributed by atoms with Crippen molar-refractivity contribution in [3.05, 3.63) is 77.0 Å². The smallest absolute Gasteiger partial charge is 0.422 e. The molecule has 2 amide bonds. The fourth-order valence-electron chi connectivity index (χ4n) is 6.15. The number of para-hydroxylation sites is 1. The minimum atomic E-state index is -4.82. The molecule has 1 fully saturated rings. The Morgan fingerprint density at radius 1 is 0.925 bits per heavy atom. The van der Waals surface area contributed by atoms with Crippen molar-refractivity contribution in [3.63, 3.8) is 0 Å². The maximum Gasteiger partial charge on any atom is 0.422 e. The van der Waals surface area contributed by atoms with Crippen LogP contribution in [0.4, 0.5) is 37.7 Å². The molecule has 3 aromatic carbocycles. The molecule has 1 saturated carbocycles. The minimum Gasteiger partial charge on any atom is -0.494 e. The number of amides is 2. The molecule has 282 valence electrons. The standard InChI is InChI=1S/C35H31F6N3O8S/c1-19-14-20(16-53(47,48)44(32(45)21-10-11-21)29-25(49-2)7-4-8-26(29)50-3)9-12-24(19)43-15-23-27(33(43)46)30(51-17-34(36,37)38)22-6-5-13-42-28(22)31(23)52-18-35(39,40)41/h4-9,12-14,21H,10-11,15-18H2,1-3H3. The van der Waals surface area contributed by atoms with Gasteiger partial charge in [-0.3, -0.25) is 14.6 Å². The highest BCUT2D eigenvalue weighted by atomic mass is 32.2. The molecule has 0 atom stereocenters. The molecule has 2 aliphatic rings. The summed E-state index contributed by atoms with van der Waals surface area (Å²) in [7, 11) is -1.81. The van der Waals surface area contributed by atoms with Gasteiger partial charge in [-0.25, -0.2) is 8.42 Å². The number of halogens is 6. The maximum absolute atomic E-state index is 14.1. The number of fused-ring (bicyclic) bond motifs is 2. The van der Waals surface area contributed by atoms with Crippen molar-refractivity contribution in [2.24, 2.45) is 5.92 Å². The Balaban J connectivity index is 1.38. The summed E-state index contributed by atoms with van der Waals surface area (Å²) in [5.74, 6) is -3.56. The molecule has 18 heteroatoms. The molecule has 11 nitrogen and oxygen atoms in total. The minimum absolute atomic E-state index is 0.0839. The van der Waals surface area contributed by atoms with Gasteiger partial charge in [0.15, 0.2) is 19.0 Å². The summed E-state index contributed by atoms with van der Waals surface area (Å²) < 4.78 is 130. The highest BCUT2D eigenvalue weighted by molar-refractivity contribution is 7.92. The first-order chi connectivity index (χ1) is 24.9. The van der Waals surface area contributed by atoms with Gasteiger partial charge in [0.1, 0.15) is 28.5 Å². The van der Waals surface area contributed by atoms with Crippen molar-refractivity contribution >= 4 is 44.1 Å². The molecule has 53 heavy (non-hydrogen) atoms. The summed E-state index contributed by atoms with van der Waals surface area (Å²) in [5.41, 5.74) is -0.228. The number of nitrogens with zero attached hydrogens (tertiary/aromatic N) is 3. The highest BCUT2D eigenvalue weighted by Crippen LogP contribution is 2.47. The molecule has 1 aliphatic carbocycles. The van der Waals surface area contributed by atoms with Crippen LogP contribution in [0.5, 0.6) is 23.0 Å². The van der Waals surface area contributed by atoms with Crippen molar-refractivity contribution in [2.75, 3.05) is 36.6 Å². The number of pyridine rings is 1. The molecule has 0 N–H and O–H groups in total. The Morgan fingerprint density at radius 2 is 1.55 bits per heavy atom. The topological polar surface area (TPSA) is 125 Å². The number of sulfonamides is 1. The van der Waals surface area contributed by atoms with Crippen LogP contribution in [-0.2, 0) is 27.1 Å². The van der Waals surface area contributed by atoms with E-state index in [4.69, 9.17) is 18.9 Å². The molecule has 1 aliphatic heterocycles. The van der Waals surface area contributed by atoms with Gasteiger partial charge in [0.05, 0.1) is 32.1 Å². The van der Waals surface area contributed by atoms with Crippen LogP contribution in [0, 0.1) is 12.8 Å². The predicted molar refractivity (Wildman–Crippen MR) is 179 cm³/mol. The van der Waals surface area contributed by atoms with Crippen LogP contribution in [-0.4, -0.2) is 65.0 Å². The Kier molecular flexibility index (Phi) is 9.87. The summed E-state index contributed by atoms with van der Waals surface area (Å²) >= 11 is 0. The van der Waals surface area contributed by atoms with Crippen LogP contribution < -0.4 is 28.2 Å². The molecule has 1 aromatic heterocycles. The first-order valence-corrected chi connectivity index (χ1v) is 17.6. The van der Waals surface area contributed by atoms with Gasteiger partial charge in [0.25, 0.3) is 5.91 Å². The largest absolute Gasteiger partial charge is 0.494 e. The molecular weight excluding hydrogens is 736 g/mol. The fourth-order valence-corrected chi connectivity index (χ4v) is 7.76. The molecule has 0 saturated heterocycles. The van der Waals surface area contributed by atoms with Gasteiger partial charge >= 0.3 is 12.4 Å². The molecular formula is C35H31F6N3O8S. The second-order valence-electron chi connectivity index (χ2n) is 12.4. The summed E-state index contributed by atoms with van der Waals surface area (Å²) in [4.78, 5) is 32.7. The summed E-state index contributed by atoms with van der Waals surface area (Å²) in [6, 6.07) is 11.3. The number of alkyl halides is 6. The lowest BCUT2D eigenvalue weighted by molar-refractivity contribution is -0.154. The molecule has 0 spiro atoms. The lowest BCUT2D eigenvalue weighted by Crippen LogP contribution is -2.39. The number of aryl methyl sites for hydroxylation is 1. The van der Waals surface area contributed by atoms with E-state index in [1.165, 1.54) is 69.8 Å². The van der Waals surface area contributed by atoms with Gasteiger partial charge in [-0.1, -0.05) is 18.2 Å². The quantitative estimate of drug-likeness (QED) is 0.142. The van der Waals surface area contributed by atoms with E-state index in [-0.39, 0.29) is 44.9 Å². The van der Waals surface area contributed by atoms with Crippen LogP contribution >= 0.6 is 0 Å². The average Bonchev–Trinajstić information content (AvgIpc) is 3.89. The molecule has 0 bridgehead atoms. The number of benzene rings is 3. The third kappa shape index (κ3) is 7.63. The van der Waals surface area contributed by atoms with E-state index in [0.717, 1.165) is 4.90 Å². The zero-order valence-electron chi connectivity index (χ0n) is 28.3. The molecule has 0 radical (unpaired) electrons. The van der Waals surface area contributed by atoms with Gasteiger partial charge in [-0.05, 0) is 61.2 Å². The number of hydrogen-bond acceptors (Lipinski definition) is 9. The Morgan fingerprint density at radius 3 is 2.11 bits per heavy atom. The number of ether oxygens (including phenoxy) is 4. The first kappa shape index (κ1) is 37.5. The monoisotopic (exact) mass is 767 g/mol. The van der Waals surface area contributed by atoms with Crippen molar-refractivity contribution in [2.45, 2.75) is 44.4 Å². The van der Waals surface area contributed by atoms with Gasteiger partial charge < -0.3 is 23.8 Å². The third-order valence-corrected chi connectivity index (χ3v) is 10.1. The second-order valence-corrected chi connectivity index (χ2v) is 14.2. The molecule has 4 aromatic rings. The Labute approximate surface area is 299 Å². The van der Waals surface area contributed by atoms with Crippen LogP contribution in [0.3, 0.4) is 0 Å². The first-order valence-electron chi connectivity index (χ1n) is 16.0. The fraction of sp³-hybridized carbons (Fsp3) is 0.343. The van der Waals surface area contributed by atoms with Crippen molar-refractivity contribution < 1.29 is 63.3 Å². The maximum atomic E-state index is 14.1. The summed E-state index contributed by atoms with van der Waals surface area (Å²) in [5, 5.41) is -0.169. The van der Waals surface area contributed by atoms with Gasteiger partial charge in [0, 0.05) is 28.8 Å². The highest BCUT2D eigenvalue weighted by Gasteiger charge is 2.43. The predicted octanol–water partition coefficient (Wildman–Crippen LogP) is 6.88. The van der Waals surface area contributed by atoms with E-state index in [0.29, 0.717) is 22.7 Å². The number of anilines is 2. The van der Waals surface area contributed by atoms with Crippen LogP contribution in [0.1, 0.15) is 39.9 Å². The van der Waals surface area contributed by atoms with E-state index in [1.54, 1.807) is 6.07 Å². The number of hydrogen-bond donors (Lipinski definition) is 0. The summed E-state index contributed by atoms with van der Waals surface area (Å²) in [6.45, 7) is -2.47. The van der Waals surface area contributed by atoms with E-state index in [9.17, 15) is 44.3 Å². The van der Waals surface area contributed by atoms with Crippen LogP contribution in [0.15, 0.2) is 54.7 Å². The SMILES string of the molecule is COc1cccc(OC)c1N(C(=O)C1CC1)S(=O)(=O)Cc1ccc(N2Cc3c(c(OCC(F)(F)F)c4cccnc4c3OCC(F)(F)F)C2=O)c(C)c1. The lowest BCUT2D eigenvalue weighted by atomic mass is 10.0. The zero-order valence-corrected chi connectivity index (χ0v) is 29.1. The van der Waals surface area contributed by atoms with Crippen LogP contribution in [0.25, 0.3) is 10.9 Å². The molecule has 0 unspecified atom stereocenters. The number of carbonyl (C=O) groups excluding carboxylic acids is 2. The van der Waals surface area contributed by atoms with Crippen molar-refractivity contribution in [1.82, 2.24) is 4.98 Å². The van der Waals surface area contributed by atoms with E-state index in [2.05, 4.69) is 4.98 Å². The molecule has 6 rings (SSSR count). The summed E-state index contributed by atoms with van der Waals surface area (Å²) in [6.07, 6.45) is -7.42. The second kappa shape index (κ2) is 13.9. The molecule has 2 heterocycles. The zero-order chi connectivity index (χ0) is 38.5. The Bertz CT molecular complexity index is 2180. The van der Waals surface area contributed by atoms with Gasteiger partial charge in [0.2, 0.25) is 15.9 Å².